The van der Waals surface area contributed by atoms with E-state index >= 15 is 0 Å². The van der Waals surface area contributed by atoms with Gasteiger partial charge in [0.2, 0.25) is 0 Å². The Morgan fingerprint density at radius 1 is 1.59 bits per heavy atom. The second-order valence-corrected chi connectivity index (χ2v) is 5.68. The van der Waals surface area contributed by atoms with Gasteiger partial charge in [-0.15, -0.1) is 11.3 Å². The van der Waals surface area contributed by atoms with Gasteiger partial charge in [-0.05, 0) is 32.1 Å². The van der Waals surface area contributed by atoms with Gasteiger partial charge in [0.15, 0.2) is 0 Å². The van der Waals surface area contributed by atoms with Gasteiger partial charge in [-0.3, -0.25) is 11.3 Å². The molecule has 0 amide bonds. The van der Waals surface area contributed by atoms with E-state index in [1.165, 1.54) is 5.01 Å². The summed E-state index contributed by atoms with van der Waals surface area (Å²) in [4.78, 5) is 4.49. The summed E-state index contributed by atoms with van der Waals surface area (Å²) in [6, 6.07) is 0.337. The Bertz CT molecular complexity index is 336. The fourth-order valence-corrected chi connectivity index (χ4v) is 3.16. The Morgan fingerprint density at radius 2 is 2.35 bits per heavy atom. The number of nitrogens with zero attached hydrogens (tertiary/aromatic N) is 1. The van der Waals surface area contributed by atoms with Gasteiger partial charge < -0.3 is 4.74 Å². The Morgan fingerprint density at radius 3 is 2.94 bits per heavy atom. The van der Waals surface area contributed by atoms with Crippen LogP contribution in [0.2, 0.25) is 0 Å². The smallest absolute Gasteiger partial charge is 0.0944 e. The predicted molar refractivity (Wildman–Crippen MR) is 69.8 cm³/mol. The molecule has 5 heteroatoms. The Balaban J connectivity index is 1.83. The van der Waals surface area contributed by atoms with Crippen LogP contribution in [-0.4, -0.2) is 24.2 Å². The molecule has 0 bridgehead atoms. The number of ether oxygens (including phenoxy) is 1. The van der Waals surface area contributed by atoms with Gasteiger partial charge in [0.05, 0.1) is 5.01 Å². The normalized spacial score (nSPS) is 19.4. The third-order valence-corrected chi connectivity index (χ3v) is 4.27. The summed E-state index contributed by atoms with van der Waals surface area (Å²) in [5, 5.41) is 3.27. The molecule has 1 aliphatic heterocycles. The van der Waals surface area contributed by atoms with Crippen LogP contribution in [0.1, 0.15) is 30.0 Å². The number of aromatic nitrogens is 1. The summed E-state index contributed by atoms with van der Waals surface area (Å²) in [7, 11) is 0. The highest BCUT2D eigenvalue weighted by molar-refractivity contribution is 7.09. The summed E-state index contributed by atoms with van der Waals surface area (Å²) in [6.07, 6.45) is 4.38. The van der Waals surface area contributed by atoms with Gasteiger partial charge in [0.1, 0.15) is 0 Å². The number of nitrogens with one attached hydrogen (secondary N) is 1. The van der Waals surface area contributed by atoms with E-state index in [0.717, 1.165) is 50.5 Å². The first kappa shape index (κ1) is 13.0. The minimum atomic E-state index is 0.337. The van der Waals surface area contributed by atoms with E-state index < -0.39 is 0 Å². The van der Waals surface area contributed by atoms with Crippen LogP contribution in [0.25, 0.3) is 0 Å². The summed E-state index contributed by atoms with van der Waals surface area (Å²) >= 11 is 1.72. The summed E-state index contributed by atoms with van der Waals surface area (Å²) in [6.45, 7) is 3.83. The van der Waals surface area contributed by atoms with Crippen LogP contribution < -0.4 is 11.3 Å². The molecule has 2 rings (SSSR count). The van der Waals surface area contributed by atoms with E-state index in [2.05, 4.69) is 15.8 Å². The third kappa shape index (κ3) is 4.03. The molecule has 1 fully saturated rings. The molecule has 0 aromatic carbocycles. The molecule has 0 aliphatic carbocycles. The average molecular weight is 255 g/mol. The van der Waals surface area contributed by atoms with Crippen molar-refractivity contribution in [3.63, 3.8) is 0 Å². The molecule has 1 saturated heterocycles. The van der Waals surface area contributed by atoms with Crippen LogP contribution in [0.15, 0.2) is 5.38 Å². The summed E-state index contributed by atoms with van der Waals surface area (Å²) in [5.74, 6) is 6.38. The van der Waals surface area contributed by atoms with Crippen LogP contribution in [0.5, 0.6) is 0 Å². The molecule has 3 N–H and O–H groups in total. The van der Waals surface area contributed by atoms with Gasteiger partial charge in [-0.25, -0.2) is 4.98 Å². The van der Waals surface area contributed by atoms with Crippen molar-refractivity contribution in [2.45, 2.75) is 38.6 Å². The number of hydrogen-bond donors (Lipinski definition) is 2. The third-order valence-electron chi connectivity index (χ3n) is 3.28. The summed E-state index contributed by atoms with van der Waals surface area (Å²) < 4.78 is 5.37. The molecule has 1 unspecified atom stereocenters. The highest BCUT2D eigenvalue weighted by Gasteiger charge is 2.19. The lowest BCUT2D eigenvalue weighted by Gasteiger charge is -2.25. The molecule has 1 aromatic rings. The summed E-state index contributed by atoms with van der Waals surface area (Å²) in [5.41, 5.74) is 4.04. The van der Waals surface area contributed by atoms with Crippen LogP contribution in [0.4, 0.5) is 0 Å². The quantitative estimate of drug-likeness (QED) is 0.620. The molecule has 0 saturated carbocycles. The number of aryl methyl sites for hydroxylation is 1. The van der Waals surface area contributed by atoms with Gasteiger partial charge in [0.25, 0.3) is 0 Å². The maximum atomic E-state index is 5.64. The van der Waals surface area contributed by atoms with E-state index in [1.807, 2.05) is 6.92 Å². The second kappa shape index (κ2) is 6.44. The van der Waals surface area contributed by atoms with Crippen molar-refractivity contribution < 1.29 is 4.74 Å². The molecule has 96 valence electrons. The zero-order chi connectivity index (χ0) is 12.1. The molecule has 1 aliphatic rings. The van der Waals surface area contributed by atoms with Crippen LogP contribution in [-0.2, 0) is 11.2 Å². The topological polar surface area (TPSA) is 60.2 Å². The highest BCUT2D eigenvalue weighted by atomic mass is 32.1. The van der Waals surface area contributed by atoms with Crippen molar-refractivity contribution in [2.75, 3.05) is 13.2 Å². The van der Waals surface area contributed by atoms with E-state index in [4.69, 9.17) is 10.6 Å². The number of rotatable bonds is 5. The number of hydrogen-bond acceptors (Lipinski definition) is 5. The molecule has 4 nitrogen and oxygen atoms in total. The lowest BCUT2D eigenvalue weighted by atomic mass is 9.91. The lowest BCUT2D eigenvalue weighted by molar-refractivity contribution is 0.0605. The maximum Gasteiger partial charge on any atom is 0.0944 e. The fourth-order valence-electron chi connectivity index (χ4n) is 2.30. The van der Waals surface area contributed by atoms with Gasteiger partial charge >= 0.3 is 0 Å². The first-order valence-electron chi connectivity index (χ1n) is 6.23. The lowest BCUT2D eigenvalue weighted by Crippen LogP contribution is -2.39. The molecular formula is C12H21N3OS. The van der Waals surface area contributed by atoms with E-state index in [0.29, 0.717) is 6.04 Å². The number of nitrogens with two attached hydrogens (primary N) is 1. The zero-order valence-corrected chi connectivity index (χ0v) is 11.1. The van der Waals surface area contributed by atoms with Crippen molar-refractivity contribution in [3.05, 3.63) is 16.1 Å². The van der Waals surface area contributed by atoms with Crippen LogP contribution >= 0.6 is 11.3 Å². The standard InChI is InChI=1S/C12H21N3OS/c1-9-8-17-12(14-9)7-11(15-13)6-10-2-4-16-5-3-10/h8,10-11,15H,2-7,13H2,1H3. The molecule has 2 heterocycles. The van der Waals surface area contributed by atoms with Crippen molar-refractivity contribution in [2.24, 2.45) is 11.8 Å². The number of thiazole rings is 1. The van der Waals surface area contributed by atoms with Crippen molar-refractivity contribution in [1.29, 1.82) is 0 Å². The first-order valence-corrected chi connectivity index (χ1v) is 7.10. The minimum Gasteiger partial charge on any atom is -0.381 e. The Labute approximate surface area is 107 Å². The van der Waals surface area contributed by atoms with E-state index in [9.17, 15) is 0 Å². The van der Waals surface area contributed by atoms with E-state index in [-0.39, 0.29) is 0 Å². The Kier molecular flexibility index (Phi) is 4.91. The van der Waals surface area contributed by atoms with E-state index in [1.54, 1.807) is 11.3 Å². The van der Waals surface area contributed by atoms with Crippen molar-refractivity contribution in [1.82, 2.24) is 10.4 Å². The zero-order valence-electron chi connectivity index (χ0n) is 10.3. The minimum absolute atomic E-state index is 0.337. The van der Waals surface area contributed by atoms with Crippen LogP contribution in [0.3, 0.4) is 0 Å². The molecule has 17 heavy (non-hydrogen) atoms. The monoisotopic (exact) mass is 255 g/mol. The second-order valence-electron chi connectivity index (χ2n) is 4.74. The molecule has 1 atom stereocenters. The van der Waals surface area contributed by atoms with Gasteiger partial charge in [-0.2, -0.15) is 0 Å². The van der Waals surface area contributed by atoms with Gasteiger partial charge in [0, 0.05) is 36.8 Å². The van der Waals surface area contributed by atoms with Gasteiger partial charge in [-0.1, -0.05) is 0 Å². The molecule has 0 spiro atoms. The SMILES string of the molecule is Cc1csc(CC(CC2CCOCC2)NN)n1. The van der Waals surface area contributed by atoms with Crippen LogP contribution in [0, 0.1) is 12.8 Å². The fraction of sp³-hybridized carbons (Fsp3) is 0.750. The van der Waals surface area contributed by atoms with Crippen molar-refractivity contribution in [3.8, 4) is 0 Å². The largest absolute Gasteiger partial charge is 0.381 e. The predicted octanol–water partition coefficient (Wildman–Crippen LogP) is 1.64. The molecular weight excluding hydrogens is 234 g/mol. The van der Waals surface area contributed by atoms with Crippen molar-refractivity contribution >= 4 is 11.3 Å². The number of hydrazine groups is 1. The molecule has 1 aromatic heterocycles. The molecule has 0 radical (unpaired) electrons. The average Bonchev–Trinajstić information content (AvgIpc) is 2.75. The first-order chi connectivity index (χ1) is 8.28. The highest BCUT2D eigenvalue weighted by Crippen LogP contribution is 2.22. The maximum absolute atomic E-state index is 5.64. The Hall–Kier alpha value is -0.490.